The maximum absolute atomic E-state index is 13.2. The normalized spacial score (nSPS) is 42.6. The lowest BCUT2D eigenvalue weighted by molar-refractivity contribution is -0.123. The van der Waals surface area contributed by atoms with Crippen molar-refractivity contribution < 1.29 is 9.59 Å². The quantitative estimate of drug-likeness (QED) is 0.579. The van der Waals surface area contributed by atoms with Crippen molar-refractivity contribution in [3.63, 3.8) is 0 Å². The molecule has 0 aromatic heterocycles. The van der Waals surface area contributed by atoms with Crippen molar-refractivity contribution in [1.82, 2.24) is 0 Å². The molecule has 1 saturated heterocycles. The van der Waals surface area contributed by atoms with Crippen molar-refractivity contribution >= 4 is 17.5 Å². The molecule has 6 aliphatic rings. The number of carbonyl (C=O) groups excluding carboxylic acids is 2. The highest BCUT2D eigenvalue weighted by molar-refractivity contribution is 6.23. The van der Waals surface area contributed by atoms with E-state index in [1.54, 1.807) is 11.1 Å². The van der Waals surface area contributed by atoms with E-state index in [0.717, 1.165) is 18.0 Å². The van der Waals surface area contributed by atoms with E-state index in [9.17, 15) is 9.59 Å². The fourth-order valence-electron chi connectivity index (χ4n) is 7.00. The Balaban J connectivity index is 1.42. The summed E-state index contributed by atoms with van der Waals surface area (Å²) >= 11 is 0. The molecule has 1 aliphatic heterocycles. The van der Waals surface area contributed by atoms with Gasteiger partial charge in [-0.15, -0.1) is 0 Å². The molecule has 2 saturated carbocycles. The minimum absolute atomic E-state index is 0.0544. The van der Waals surface area contributed by atoms with Crippen molar-refractivity contribution in [3.8, 4) is 0 Å². The van der Waals surface area contributed by atoms with Gasteiger partial charge < -0.3 is 0 Å². The molecule has 3 fully saturated rings. The Labute approximate surface area is 148 Å². The van der Waals surface area contributed by atoms with Gasteiger partial charge in [0.25, 0.3) is 0 Å². The fourth-order valence-corrected chi connectivity index (χ4v) is 7.00. The van der Waals surface area contributed by atoms with E-state index in [4.69, 9.17) is 0 Å². The molecule has 4 bridgehead atoms. The Morgan fingerprint density at radius 1 is 0.960 bits per heavy atom. The second-order valence-electron chi connectivity index (χ2n) is 9.34. The number of para-hydroxylation sites is 1. The van der Waals surface area contributed by atoms with Crippen LogP contribution in [0.5, 0.6) is 0 Å². The van der Waals surface area contributed by atoms with Crippen LogP contribution in [-0.2, 0) is 9.59 Å². The molecule has 2 amide bonds. The largest absolute Gasteiger partial charge is 0.274 e. The van der Waals surface area contributed by atoms with E-state index in [2.05, 4.69) is 13.8 Å². The van der Waals surface area contributed by atoms with Gasteiger partial charge in [-0.25, -0.2) is 0 Å². The van der Waals surface area contributed by atoms with Crippen molar-refractivity contribution in [1.29, 1.82) is 0 Å². The third-order valence-corrected chi connectivity index (χ3v) is 8.32. The maximum atomic E-state index is 13.2. The molecule has 0 N–H and O–H groups in total. The Kier molecular flexibility index (Phi) is 2.43. The standard InChI is InChI=1S/C22H23NO2/c1-22(2)11-8-13-14-10-15(17(13)16(22)9-11)19-18(14)20(24)23(21(19)25)12-6-4-3-5-7-12/h3-7,11,14-16,18-19H,8-10H2,1-2H3. The van der Waals surface area contributed by atoms with Gasteiger partial charge in [-0.1, -0.05) is 43.2 Å². The van der Waals surface area contributed by atoms with E-state index in [1.807, 2.05) is 30.3 Å². The lowest BCUT2D eigenvalue weighted by Gasteiger charge is -2.59. The predicted molar refractivity (Wildman–Crippen MR) is 94.5 cm³/mol. The van der Waals surface area contributed by atoms with Crippen LogP contribution >= 0.6 is 0 Å². The number of rotatable bonds is 1. The average molecular weight is 333 g/mol. The Morgan fingerprint density at radius 2 is 1.64 bits per heavy atom. The van der Waals surface area contributed by atoms with Crippen LogP contribution in [0.3, 0.4) is 0 Å². The zero-order valence-electron chi connectivity index (χ0n) is 14.7. The van der Waals surface area contributed by atoms with E-state index in [-0.39, 0.29) is 23.7 Å². The molecule has 0 radical (unpaired) electrons. The summed E-state index contributed by atoms with van der Waals surface area (Å²) < 4.78 is 0. The fraction of sp³-hybridized carbons (Fsp3) is 0.545. The molecule has 7 rings (SSSR count). The number of anilines is 1. The second-order valence-corrected chi connectivity index (χ2v) is 9.34. The van der Waals surface area contributed by atoms with Gasteiger partial charge in [0.1, 0.15) is 0 Å². The highest BCUT2D eigenvalue weighted by Crippen LogP contribution is 2.71. The zero-order chi connectivity index (χ0) is 17.1. The van der Waals surface area contributed by atoms with Gasteiger partial charge in [0.2, 0.25) is 11.8 Å². The predicted octanol–water partition coefficient (Wildman–Crippen LogP) is 3.80. The summed E-state index contributed by atoms with van der Waals surface area (Å²) in [6.07, 6.45) is 3.53. The molecule has 1 heterocycles. The maximum Gasteiger partial charge on any atom is 0.238 e. The molecule has 0 spiro atoms. The molecular weight excluding hydrogens is 310 g/mol. The van der Waals surface area contributed by atoms with Crippen LogP contribution in [0.25, 0.3) is 0 Å². The number of carbonyl (C=O) groups is 2. The summed E-state index contributed by atoms with van der Waals surface area (Å²) in [6, 6.07) is 9.49. The third-order valence-electron chi connectivity index (χ3n) is 8.32. The zero-order valence-corrected chi connectivity index (χ0v) is 14.7. The number of hydrogen-bond acceptors (Lipinski definition) is 2. The van der Waals surface area contributed by atoms with E-state index < -0.39 is 0 Å². The van der Waals surface area contributed by atoms with Crippen molar-refractivity contribution in [3.05, 3.63) is 41.5 Å². The molecule has 6 atom stereocenters. The summed E-state index contributed by atoms with van der Waals surface area (Å²) in [7, 11) is 0. The van der Waals surface area contributed by atoms with E-state index in [1.165, 1.54) is 17.7 Å². The second kappa shape index (κ2) is 4.25. The van der Waals surface area contributed by atoms with Crippen LogP contribution in [0, 0.1) is 40.9 Å². The molecule has 25 heavy (non-hydrogen) atoms. The van der Waals surface area contributed by atoms with Crippen molar-refractivity contribution in [2.45, 2.75) is 33.1 Å². The highest BCUT2D eigenvalue weighted by Gasteiger charge is 2.68. The minimum atomic E-state index is -0.0931. The van der Waals surface area contributed by atoms with Gasteiger partial charge in [-0.05, 0) is 60.5 Å². The van der Waals surface area contributed by atoms with Crippen LogP contribution in [0.4, 0.5) is 5.69 Å². The Bertz CT molecular complexity index is 852. The van der Waals surface area contributed by atoms with Gasteiger partial charge in [0, 0.05) is 0 Å². The molecule has 1 aromatic carbocycles. The lowest BCUT2D eigenvalue weighted by Crippen LogP contribution is -2.51. The van der Waals surface area contributed by atoms with E-state index in [0.29, 0.717) is 23.2 Å². The van der Waals surface area contributed by atoms with Crippen LogP contribution in [0.15, 0.2) is 41.5 Å². The highest BCUT2D eigenvalue weighted by atomic mass is 16.2. The van der Waals surface area contributed by atoms with Gasteiger partial charge >= 0.3 is 0 Å². The molecular formula is C22H23NO2. The van der Waals surface area contributed by atoms with Gasteiger partial charge in [-0.3, -0.25) is 14.5 Å². The first-order valence-electron chi connectivity index (χ1n) is 9.66. The first kappa shape index (κ1) is 14.3. The molecule has 6 unspecified atom stereocenters. The smallest absolute Gasteiger partial charge is 0.238 e. The number of amides is 2. The first-order valence-corrected chi connectivity index (χ1v) is 9.66. The van der Waals surface area contributed by atoms with Crippen LogP contribution in [-0.4, -0.2) is 11.8 Å². The number of imide groups is 1. The molecule has 3 heteroatoms. The molecule has 1 aromatic rings. The van der Waals surface area contributed by atoms with E-state index >= 15 is 0 Å². The van der Waals surface area contributed by atoms with Crippen LogP contribution < -0.4 is 4.90 Å². The number of allylic oxidation sites excluding steroid dienone is 2. The number of nitrogens with zero attached hydrogens (tertiary/aromatic N) is 1. The van der Waals surface area contributed by atoms with Crippen molar-refractivity contribution in [2.24, 2.45) is 40.9 Å². The monoisotopic (exact) mass is 333 g/mol. The average Bonchev–Trinajstić information content (AvgIpc) is 3.26. The number of fused-ring (bicyclic) bond motifs is 5. The summed E-state index contributed by atoms with van der Waals surface area (Å²) in [5.41, 5.74) is 4.33. The van der Waals surface area contributed by atoms with Crippen LogP contribution in [0.1, 0.15) is 33.1 Å². The molecule has 3 nitrogen and oxygen atoms in total. The minimum Gasteiger partial charge on any atom is -0.274 e. The Morgan fingerprint density at radius 3 is 2.32 bits per heavy atom. The molecule has 128 valence electrons. The number of benzene rings is 1. The molecule has 5 aliphatic carbocycles. The lowest BCUT2D eigenvalue weighted by atomic mass is 9.45. The summed E-state index contributed by atoms with van der Waals surface area (Å²) in [5, 5.41) is 0. The Hall–Kier alpha value is -1.90. The SMILES string of the molecule is CC1(C)C2CC3=C(C4CC3C3C(=O)N(c5ccccc5)C(=O)C43)C1C2. The summed E-state index contributed by atoms with van der Waals surface area (Å²) in [5.74, 6) is 2.05. The van der Waals surface area contributed by atoms with Crippen molar-refractivity contribution in [2.75, 3.05) is 4.90 Å². The summed E-state index contributed by atoms with van der Waals surface area (Å²) in [4.78, 5) is 27.9. The first-order chi connectivity index (χ1) is 12.0. The topological polar surface area (TPSA) is 37.4 Å². The number of hydrogen-bond donors (Lipinski definition) is 0. The van der Waals surface area contributed by atoms with Gasteiger partial charge in [0.05, 0.1) is 17.5 Å². The van der Waals surface area contributed by atoms with Gasteiger partial charge in [-0.2, -0.15) is 0 Å². The third kappa shape index (κ3) is 1.46. The van der Waals surface area contributed by atoms with Crippen LogP contribution in [0.2, 0.25) is 0 Å². The summed E-state index contributed by atoms with van der Waals surface area (Å²) in [6.45, 7) is 4.80. The van der Waals surface area contributed by atoms with Gasteiger partial charge in [0.15, 0.2) is 0 Å².